The quantitative estimate of drug-likeness (QED) is 0.171. The predicted molar refractivity (Wildman–Crippen MR) is 242 cm³/mol. The number of rotatable bonds is 5. The molecule has 3 heteroatoms. The first-order chi connectivity index (χ1) is 28.8. The van der Waals surface area contributed by atoms with Crippen LogP contribution in [0, 0.1) is 0 Å². The van der Waals surface area contributed by atoms with Crippen molar-refractivity contribution in [1.29, 1.82) is 0 Å². The van der Waals surface area contributed by atoms with E-state index in [1.165, 1.54) is 77.2 Å². The lowest BCUT2D eigenvalue weighted by Crippen LogP contribution is -2.37. The lowest BCUT2D eigenvalue weighted by molar-refractivity contribution is 0.731. The van der Waals surface area contributed by atoms with Crippen LogP contribution in [0.25, 0.3) is 55.0 Å². The summed E-state index contributed by atoms with van der Waals surface area (Å²) in [6.45, 7) is 0. The van der Waals surface area contributed by atoms with Gasteiger partial charge in [0.15, 0.2) is 0 Å². The zero-order chi connectivity index (χ0) is 38.2. The summed E-state index contributed by atoms with van der Waals surface area (Å²) in [6.07, 6.45) is 0. The molecule has 2 aromatic heterocycles. The highest BCUT2D eigenvalue weighted by Crippen LogP contribution is 2.58. The van der Waals surface area contributed by atoms with Gasteiger partial charge in [-0.25, -0.2) is 0 Å². The molecule has 1 aliphatic rings. The van der Waals surface area contributed by atoms with Gasteiger partial charge in [-0.3, -0.25) is 0 Å². The molecule has 0 N–H and O–H groups in total. The minimum atomic E-state index is -0.518. The van der Waals surface area contributed by atoms with Crippen LogP contribution in [0.1, 0.15) is 22.3 Å². The van der Waals surface area contributed by atoms with Crippen LogP contribution in [0.3, 0.4) is 0 Å². The van der Waals surface area contributed by atoms with Gasteiger partial charge in [0.2, 0.25) is 0 Å². The average Bonchev–Trinajstić information content (AvgIpc) is 3.82. The van der Waals surface area contributed by atoms with Crippen LogP contribution in [-0.2, 0) is 5.41 Å². The van der Waals surface area contributed by atoms with E-state index in [1.54, 1.807) is 0 Å². The van der Waals surface area contributed by atoms with Gasteiger partial charge in [0.1, 0.15) is 0 Å². The molecule has 3 heterocycles. The first kappa shape index (κ1) is 32.6. The summed E-state index contributed by atoms with van der Waals surface area (Å²) in [5, 5.41) is 4.91. The molecule has 1 aliphatic heterocycles. The summed E-state index contributed by atoms with van der Waals surface area (Å²) in [6, 6.07) is 82.2. The maximum absolute atomic E-state index is 2.49. The Hall–Kier alpha value is -7.62. The molecule has 0 saturated heterocycles. The fraction of sp³-hybridized carbons (Fsp3) is 0.0182. The summed E-state index contributed by atoms with van der Waals surface area (Å²) in [4.78, 5) is 2.49. The fourth-order valence-electron chi connectivity index (χ4n) is 10.1. The van der Waals surface area contributed by atoms with Gasteiger partial charge >= 0.3 is 0 Å². The van der Waals surface area contributed by atoms with Crippen molar-refractivity contribution in [3.8, 4) is 11.4 Å². The van der Waals surface area contributed by atoms with Crippen molar-refractivity contribution in [3.05, 3.63) is 247 Å². The van der Waals surface area contributed by atoms with Crippen LogP contribution in [0.4, 0.5) is 17.1 Å². The molecule has 0 bridgehead atoms. The van der Waals surface area contributed by atoms with E-state index in [4.69, 9.17) is 0 Å². The van der Waals surface area contributed by atoms with Gasteiger partial charge in [0.25, 0.3) is 0 Å². The largest absolute Gasteiger partial charge is 0.310 e. The molecule has 3 nitrogen and oxygen atoms in total. The van der Waals surface area contributed by atoms with Crippen molar-refractivity contribution < 1.29 is 0 Å². The van der Waals surface area contributed by atoms with E-state index in [1.807, 2.05) is 0 Å². The van der Waals surface area contributed by atoms with Gasteiger partial charge in [0, 0.05) is 38.6 Å². The average molecular weight is 740 g/mol. The number of hydrogen-bond donors (Lipinski definition) is 0. The van der Waals surface area contributed by atoms with Crippen molar-refractivity contribution in [3.63, 3.8) is 0 Å². The number of hydrogen-bond acceptors (Lipinski definition) is 1. The molecule has 0 atom stereocenters. The zero-order valence-electron chi connectivity index (χ0n) is 31.7. The molecule has 11 aromatic rings. The Balaban J connectivity index is 1.18. The molecule has 0 spiro atoms. The van der Waals surface area contributed by atoms with Crippen LogP contribution in [-0.4, -0.2) is 9.13 Å². The molecule has 0 aliphatic carbocycles. The van der Waals surface area contributed by atoms with E-state index < -0.39 is 5.41 Å². The molecule has 0 unspecified atom stereocenters. The third kappa shape index (κ3) is 4.50. The van der Waals surface area contributed by atoms with Crippen LogP contribution >= 0.6 is 0 Å². The van der Waals surface area contributed by atoms with Gasteiger partial charge < -0.3 is 14.0 Å². The lowest BCUT2D eigenvalue weighted by Gasteiger charge is -2.46. The smallest absolute Gasteiger partial charge is 0.0788 e. The lowest BCUT2D eigenvalue weighted by atomic mass is 9.62. The second-order valence-corrected chi connectivity index (χ2v) is 15.3. The van der Waals surface area contributed by atoms with E-state index in [0.29, 0.717) is 0 Å². The topological polar surface area (TPSA) is 13.1 Å². The molecule has 58 heavy (non-hydrogen) atoms. The van der Waals surface area contributed by atoms with Gasteiger partial charge in [-0.2, -0.15) is 0 Å². The number of fused-ring (bicyclic) bond motifs is 9. The van der Waals surface area contributed by atoms with Crippen LogP contribution in [0.5, 0.6) is 0 Å². The molecule has 9 aromatic carbocycles. The minimum Gasteiger partial charge on any atom is -0.310 e. The second kappa shape index (κ2) is 12.7. The number of benzene rings is 9. The highest BCUT2D eigenvalue weighted by Gasteiger charge is 2.46. The number of nitrogens with zero attached hydrogens (tertiary/aromatic N) is 3. The third-order valence-corrected chi connectivity index (χ3v) is 12.3. The Morgan fingerprint density at radius 3 is 1.28 bits per heavy atom. The molecule has 0 fully saturated rings. The Kier molecular flexibility index (Phi) is 7.14. The number of anilines is 3. The van der Waals surface area contributed by atoms with Gasteiger partial charge in [-0.15, -0.1) is 0 Å². The summed E-state index contributed by atoms with van der Waals surface area (Å²) >= 11 is 0. The van der Waals surface area contributed by atoms with Crippen LogP contribution < -0.4 is 4.90 Å². The Morgan fingerprint density at radius 1 is 0.293 bits per heavy atom. The van der Waals surface area contributed by atoms with Crippen molar-refractivity contribution >= 4 is 60.7 Å². The fourth-order valence-corrected chi connectivity index (χ4v) is 10.1. The van der Waals surface area contributed by atoms with E-state index in [2.05, 4.69) is 238 Å². The maximum atomic E-state index is 2.49. The predicted octanol–water partition coefficient (Wildman–Crippen LogP) is 14.0. The first-order valence-corrected chi connectivity index (χ1v) is 20.0. The monoisotopic (exact) mass is 739 g/mol. The number of para-hydroxylation sites is 5. The van der Waals surface area contributed by atoms with E-state index in [-0.39, 0.29) is 0 Å². The van der Waals surface area contributed by atoms with Crippen LogP contribution in [0.2, 0.25) is 0 Å². The second-order valence-electron chi connectivity index (χ2n) is 15.3. The Morgan fingerprint density at radius 2 is 0.724 bits per heavy atom. The minimum absolute atomic E-state index is 0.518. The van der Waals surface area contributed by atoms with E-state index in [0.717, 1.165) is 17.1 Å². The molecular formula is C55H37N3. The molecule has 0 radical (unpaired) electrons. The highest BCUT2D eigenvalue weighted by molar-refractivity contribution is 6.24. The summed E-state index contributed by atoms with van der Waals surface area (Å²) in [5.41, 5.74) is 15.0. The van der Waals surface area contributed by atoms with Gasteiger partial charge in [-0.05, 0) is 82.9 Å². The molecule has 0 saturated carbocycles. The molecule has 0 amide bonds. The normalized spacial score (nSPS) is 13.3. The molecule has 12 rings (SSSR count). The standard InChI is InChI=1S/C55H37N3/c1-5-19-38(20-6-1)55(39-21-7-2-8-22-39)47-28-14-17-31-51(47)56(52-32-18-15-29-48(52)55)42-33-36-50-46(37-42)45-35-34-44-43-27-13-16-30-49(43)57(40-23-9-3-10-24-40)53(44)54(45)58(50)41-25-11-4-12-26-41/h1-37H. The molecular weight excluding hydrogens is 703 g/mol. The summed E-state index contributed by atoms with van der Waals surface area (Å²) in [5.74, 6) is 0. The van der Waals surface area contributed by atoms with Crippen molar-refractivity contribution in [2.75, 3.05) is 4.90 Å². The summed E-state index contributed by atoms with van der Waals surface area (Å²) in [7, 11) is 0. The van der Waals surface area contributed by atoms with Gasteiger partial charge in [-0.1, -0.05) is 164 Å². The molecule has 272 valence electrons. The zero-order valence-corrected chi connectivity index (χ0v) is 31.7. The van der Waals surface area contributed by atoms with E-state index in [9.17, 15) is 0 Å². The Bertz CT molecular complexity index is 3240. The Labute approximate surface area is 336 Å². The number of aromatic nitrogens is 2. The summed E-state index contributed by atoms with van der Waals surface area (Å²) < 4.78 is 4.93. The first-order valence-electron chi connectivity index (χ1n) is 20.0. The van der Waals surface area contributed by atoms with Crippen molar-refractivity contribution in [2.45, 2.75) is 5.41 Å². The van der Waals surface area contributed by atoms with Gasteiger partial charge in [0.05, 0.1) is 38.9 Å². The van der Waals surface area contributed by atoms with Crippen molar-refractivity contribution in [2.24, 2.45) is 0 Å². The highest BCUT2D eigenvalue weighted by atomic mass is 15.2. The van der Waals surface area contributed by atoms with Crippen LogP contribution in [0.15, 0.2) is 224 Å². The van der Waals surface area contributed by atoms with Crippen molar-refractivity contribution in [1.82, 2.24) is 9.13 Å². The van der Waals surface area contributed by atoms with E-state index >= 15 is 0 Å². The third-order valence-electron chi connectivity index (χ3n) is 12.3. The SMILES string of the molecule is c1ccc(-n2c3ccccc3c3ccc4c5cc(N6c7ccccc7C(c7ccccc7)(c7ccccc7)c7ccccc76)ccc5n(-c5ccccc5)c4c32)cc1. The maximum Gasteiger partial charge on any atom is 0.0788 e.